The number of benzene rings is 2. The number of nitrogens with one attached hydrogen (secondary N) is 1. The molecule has 1 fully saturated rings. The summed E-state index contributed by atoms with van der Waals surface area (Å²) in [5.41, 5.74) is 2.49. The summed E-state index contributed by atoms with van der Waals surface area (Å²) >= 11 is 1.47. The lowest BCUT2D eigenvalue weighted by atomic mass is 10.0. The van der Waals surface area contributed by atoms with E-state index < -0.39 is 0 Å². The molecule has 0 bridgehead atoms. The SMILES string of the molecule is COc1ccc(C(CNC(=O)c2csc(-c3ccccc3)n2)N2CCOCC2)cc1OC. The molecule has 32 heavy (non-hydrogen) atoms. The van der Waals surface area contributed by atoms with E-state index in [9.17, 15) is 4.79 Å². The molecule has 7 nitrogen and oxygen atoms in total. The summed E-state index contributed by atoms with van der Waals surface area (Å²) in [6, 6.07) is 15.7. The quantitative estimate of drug-likeness (QED) is 0.562. The Morgan fingerprint density at radius 2 is 1.88 bits per heavy atom. The van der Waals surface area contributed by atoms with E-state index in [1.807, 2.05) is 48.5 Å². The second-order valence-corrected chi connectivity index (χ2v) is 8.25. The van der Waals surface area contributed by atoms with Crippen LogP contribution in [0.4, 0.5) is 0 Å². The molecular formula is C24H27N3O4S. The van der Waals surface area contributed by atoms with Crippen LogP contribution < -0.4 is 14.8 Å². The smallest absolute Gasteiger partial charge is 0.270 e. The maximum atomic E-state index is 12.9. The van der Waals surface area contributed by atoms with Crippen LogP contribution in [0.3, 0.4) is 0 Å². The predicted molar refractivity (Wildman–Crippen MR) is 125 cm³/mol. The molecule has 3 aromatic rings. The first-order chi connectivity index (χ1) is 15.7. The lowest BCUT2D eigenvalue weighted by Gasteiger charge is -2.35. The number of amides is 1. The Balaban J connectivity index is 1.50. The van der Waals surface area contributed by atoms with Crippen molar-refractivity contribution in [3.05, 3.63) is 65.2 Å². The van der Waals surface area contributed by atoms with Gasteiger partial charge in [0.15, 0.2) is 11.5 Å². The average molecular weight is 454 g/mol. The molecule has 0 spiro atoms. The summed E-state index contributed by atoms with van der Waals surface area (Å²) in [5, 5.41) is 5.71. The van der Waals surface area contributed by atoms with Crippen molar-refractivity contribution in [3.63, 3.8) is 0 Å². The molecule has 1 atom stereocenters. The van der Waals surface area contributed by atoms with Crippen LogP contribution in [0.1, 0.15) is 22.1 Å². The summed E-state index contributed by atoms with van der Waals surface area (Å²) in [6.45, 7) is 3.38. The average Bonchev–Trinajstić information content (AvgIpc) is 3.36. The molecule has 1 aromatic heterocycles. The molecule has 1 aliphatic heterocycles. The molecule has 8 heteroatoms. The van der Waals surface area contributed by atoms with Crippen LogP contribution in [-0.2, 0) is 4.74 Å². The monoisotopic (exact) mass is 453 g/mol. The van der Waals surface area contributed by atoms with Crippen LogP contribution in [0.25, 0.3) is 10.6 Å². The second kappa shape index (κ2) is 10.6. The van der Waals surface area contributed by atoms with Crippen LogP contribution in [0, 0.1) is 0 Å². The van der Waals surface area contributed by atoms with Gasteiger partial charge in [0.1, 0.15) is 10.7 Å². The third-order valence-corrected chi connectivity index (χ3v) is 6.38. The second-order valence-electron chi connectivity index (χ2n) is 7.39. The van der Waals surface area contributed by atoms with Crippen molar-refractivity contribution < 1.29 is 19.0 Å². The maximum absolute atomic E-state index is 12.9. The van der Waals surface area contributed by atoms with E-state index in [1.54, 1.807) is 19.6 Å². The molecule has 1 N–H and O–H groups in total. The molecule has 0 aliphatic carbocycles. The topological polar surface area (TPSA) is 72.9 Å². The fourth-order valence-electron chi connectivity index (χ4n) is 3.78. The van der Waals surface area contributed by atoms with E-state index in [1.165, 1.54) is 11.3 Å². The van der Waals surface area contributed by atoms with Crippen LogP contribution in [-0.4, -0.2) is 62.9 Å². The molecule has 0 radical (unpaired) electrons. The number of nitrogens with zero attached hydrogens (tertiary/aromatic N) is 2. The van der Waals surface area contributed by atoms with Crippen molar-refractivity contribution in [2.45, 2.75) is 6.04 Å². The molecule has 0 saturated carbocycles. The van der Waals surface area contributed by atoms with Gasteiger partial charge in [-0.3, -0.25) is 9.69 Å². The summed E-state index contributed by atoms with van der Waals surface area (Å²) in [7, 11) is 3.24. The standard InChI is InChI=1S/C24H27N3O4S/c1-29-21-9-8-18(14-22(21)30-2)20(27-10-12-31-13-11-27)15-25-23(28)19-16-32-24(26-19)17-6-4-3-5-7-17/h3-9,14,16,20H,10-13,15H2,1-2H3,(H,25,28). The predicted octanol–water partition coefficient (Wildman–Crippen LogP) is 3.63. The Morgan fingerprint density at radius 1 is 1.12 bits per heavy atom. The number of thiazole rings is 1. The van der Waals surface area contributed by atoms with E-state index in [4.69, 9.17) is 14.2 Å². The lowest BCUT2D eigenvalue weighted by Crippen LogP contribution is -2.43. The first-order valence-corrected chi connectivity index (χ1v) is 11.4. The van der Waals surface area contributed by atoms with E-state index in [2.05, 4.69) is 15.2 Å². The van der Waals surface area contributed by atoms with E-state index >= 15 is 0 Å². The first kappa shape index (κ1) is 22.3. The number of morpholine rings is 1. The van der Waals surface area contributed by atoms with E-state index in [0.29, 0.717) is 37.0 Å². The van der Waals surface area contributed by atoms with Crippen LogP contribution in [0.2, 0.25) is 0 Å². The minimum atomic E-state index is -0.179. The largest absolute Gasteiger partial charge is 0.493 e. The molecule has 4 rings (SSSR count). The minimum absolute atomic E-state index is 0.0186. The highest BCUT2D eigenvalue weighted by Crippen LogP contribution is 2.32. The molecule has 168 valence electrons. The highest BCUT2D eigenvalue weighted by Gasteiger charge is 2.25. The van der Waals surface area contributed by atoms with E-state index in [-0.39, 0.29) is 11.9 Å². The van der Waals surface area contributed by atoms with Gasteiger partial charge >= 0.3 is 0 Å². The maximum Gasteiger partial charge on any atom is 0.270 e. The van der Waals surface area contributed by atoms with Crippen molar-refractivity contribution in [1.29, 1.82) is 0 Å². The van der Waals surface area contributed by atoms with Crippen molar-refractivity contribution >= 4 is 17.2 Å². The summed E-state index contributed by atoms with van der Waals surface area (Å²) in [4.78, 5) is 19.7. The Hall–Kier alpha value is -2.94. The van der Waals surface area contributed by atoms with Gasteiger partial charge in [-0.05, 0) is 17.7 Å². The number of ether oxygens (including phenoxy) is 3. The van der Waals surface area contributed by atoms with Crippen molar-refractivity contribution in [2.75, 3.05) is 47.1 Å². The minimum Gasteiger partial charge on any atom is -0.493 e. The zero-order valence-electron chi connectivity index (χ0n) is 18.2. The van der Waals surface area contributed by atoms with Gasteiger partial charge in [0.2, 0.25) is 0 Å². The Kier molecular flexibility index (Phi) is 7.36. The number of rotatable bonds is 8. The number of hydrogen-bond donors (Lipinski definition) is 1. The van der Waals surface area contributed by atoms with Crippen LogP contribution in [0.5, 0.6) is 11.5 Å². The normalized spacial score (nSPS) is 15.2. The Bertz CT molecular complexity index is 1030. The Morgan fingerprint density at radius 3 is 2.59 bits per heavy atom. The third kappa shape index (κ3) is 5.09. The van der Waals surface area contributed by atoms with Gasteiger partial charge in [-0.25, -0.2) is 4.98 Å². The highest BCUT2D eigenvalue weighted by molar-refractivity contribution is 7.13. The summed E-state index contributed by atoms with van der Waals surface area (Å²) in [5.74, 6) is 1.17. The van der Waals surface area contributed by atoms with Crippen molar-refractivity contribution in [3.8, 4) is 22.1 Å². The summed E-state index contributed by atoms with van der Waals surface area (Å²) in [6.07, 6.45) is 0. The molecule has 2 aromatic carbocycles. The van der Waals surface area contributed by atoms with Gasteiger partial charge in [0, 0.05) is 30.6 Å². The van der Waals surface area contributed by atoms with Gasteiger partial charge in [-0.1, -0.05) is 36.4 Å². The fraction of sp³-hybridized carbons (Fsp3) is 0.333. The number of carbonyl (C=O) groups is 1. The Labute approximate surface area is 191 Å². The molecule has 2 heterocycles. The third-order valence-electron chi connectivity index (χ3n) is 5.49. The molecular weight excluding hydrogens is 426 g/mol. The van der Waals surface area contributed by atoms with E-state index in [0.717, 1.165) is 29.2 Å². The number of hydrogen-bond acceptors (Lipinski definition) is 7. The van der Waals surface area contributed by atoms with Gasteiger partial charge < -0.3 is 19.5 Å². The van der Waals surface area contributed by atoms with Gasteiger partial charge in [0.25, 0.3) is 5.91 Å². The van der Waals surface area contributed by atoms with Gasteiger partial charge in [-0.15, -0.1) is 11.3 Å². The lowest BCUT2D eigenvalue weighted by molar-refractivity contribution is 0.0161. The summed E-state index contributed by atoms with van der Waals surface area (Å²) < 4.78 is 16.4. The molecule has 1 unspecified atom stereocenters. The van der Waals surface area contributed by atoms with Gasteiger partial charge in [0.05, 0.1) is 33.5 Å². The van der Waals surface area contributed by atoms with Crippen molar-refractivity contribution in [2.24, 2.45) is 0 Å². The number of carbonyl (C=O) groups excluding carboxylic acids is 1. The zero-order valence-corrected chi connectivity index (χ0v) is 19.1. The number of aromatic nitrogens is 1. The first-order valence-electron chi connectivity index (χ1n) is 10.5. The van der Waals surface area contributed by atoms with Crippen LogP contribution >= 0.6 is 11.3 Å². The molecule has 1 aliphatic rings. The number of methoxy groups -OCH3 is 2. The molecule has 1 saturated heterocycles. The zero-order chi connectivity index (χ0) is 22.3. The highest BCUT2D eigenvalue weighted by atomic mass is 32.1. The fourth-order valence-corrected chi connectivity index (χ4v) is 4.58. The van der Waals surface area contributed by atoms with Gasteiger partial charge in [-0.2, -0.15) is 0 Å². The van der Waals surface area contributed by atoms with Crippen LogP contribution in [0.15, 0.2) is 53.9 Å². The molecule has 1 amide bonds. The van der Waals surface area contributed by atoms with Crippen molar-refractivity contribution in [1.82, 2.24) is 15.2 Å².